The van der Waals surface area contributed by atoms with Crippen LogP contribution in [0.25, 0.3) is 0 Å². The summed E-state index contributed by atoms with van der Waals surface area (Å²) >= 11 is 8.44. The third kappa shape index (κ3) is 5.84. The van der Waals surface area contributed by atoms with E-state index in [0.29, 0.717) is 17.0 Å². The Morgan fingerprint density at radius 1 is 1.20 bits per heavy atom. The van der Waals surface area contributed by atoms with Crippen molar-refractivity contribution in [1.82, 2.24) is 5.32 Å². The number of halogens is 1. The standard InChI is InChI=1S/C17H16BrN3O3S/c1-10-8-12(18)4-7-14(10)24-9-15(22)21-17(25)20-13-5-2-11(3-6-13)16(19)23/h2-8H,9H2,1H3,(H2,19,23)(H2,20,21,22,25). The zero-order chi connectivity index (χ0) is 18.4. The fourth-order valence-electron chi connectivity index (χ4n) is 1.96. The summed E-state index contributed by atoms with van der Waals surface area (Å²) in [4.78, 5) is 22.9. The Morgan fingerprint density at radius 3 is 2.48 bits per heavy atom. The summed E-state index contributed by atoms with van der Waals surface area (Å²) in [5.74, 6) is -0.268. The van der Waals surface area contributed by atoms with E-state index in [9.17, 15) is 9.59 Å². The maximum atomic E-state index is 11.9. The Balaban J connectivity index is 1.83. The number of benzene rings is 2. The van der Waals surface area contributed by atoms with Crippen molar-refractivity contribution in [1.29, 1.82) is 0 Å². The lowest BCUT2D eigenvalue weighted by molar-refractivity contribution is -0.121. The van der Waals surface area contributed by atoms with Gasteiger partial charge in [0.15, 0.2) is 11.7 Å². The first-order valence-electron chi connectivity index (χ1n) is 7.25. The van der Waals surface area contributed by atoms with E-state index in [1.807, 2.05) is 19.1 Å². The number of hydrogen-bond donors (Lipinski definition) is 3. The monoisotopic (exact) mass is 421 g/mol. The molecule has 0 aliphatic carbocycles. The van der Waals surface area contributed by atoms with Crippen molar-refractivity contribution in [2.24, 2.45) is 5.73 Å². The minimum atomic E-state index is -0.511. The van der Waals surface area contributed by atoms with Crippen LogP contribution in [0.15, 0.2) is 46.9 Å². The van der Waals surface area contributed by atoms with E-state index in [1.165, 1.54) is 0 Å². The Bertz CT molecular complexity index is 809. The minimum absolute atomic E-state index is 0.132. The number of carbonyl (C=O) groups excluding carboxylic acids is 2. The maximum Gasteiger partial charge on any atom is 0.264 e. The van der Waals surface area contributed by atoms with E-state index in [2.05, 4.69) is 26.6 Å². The number of hydrogen-bond acceptors (Lipinski definition) is 4. The largest absolute Gasteiger partial charge is 0.483 e. The van der Waals surface area contributed by atoms with Gasteiger partial charge in [0.25, 0.3) is 5.91 Å². The van der Waals surface area contributed by atoms with Gasteiger partial charge in [0.05, 0.1) is 0 Å². The molecule has 25 heavy (non-hydrogen) atoms. The van der Waals surface area contributed by atoms with Gasteiger partial charge in [-0.25, -0.2) is 0 Å². The molecule has 4 N–H and O–H groups in total. The predicted octanol–water partition coefficient (Wildman–Crippen LogP) is 2.75. The lowest BCUT2D eigenvalue weighted by atomic mass is 10.2. The molecule has 2 rings (SSSR count). The van der Waals surface area contributed by atoms with Crippen LogP contribution in [0.2, 0.25) is 0 Å². The highest BCUT2D eigenvalue weighted by Crippen LogP contribution is 2.21. The molecule has 0 atom stereocenters. The van der Waals surface area contributed by atoms with Crippen LogP contribution in [0.5, 0.6) is 5.75 Å². The smallest absolute Gasteiger partial charge is 0.264 e. The molecule has 0 bridgehead atoms. The number of primary amides is 1. The summed E-state index contributed by atoms with van der Waals surface area (Å²) in [5, 5.41) is 5.50. The van der Waals surface area contributed by atoms with E-state index in [1.54, 1.807) is 30.3 Å². The predicted molar refractivity (Wildman–Crippen MR) is 104 cm³/mol. The molecular formula is C17H16BrN3O3S. The van der Waals surface area contributed by atoms with E-state index in [-0.39, 0.29) is 17.6 Å². The van der Waals surface area contributed by atoms with E-state index < -0.39 is 5.91 Å². The molecular weight excluding hydrogens is 406 g/mol. The number of nitrogens with two attached hydrogens (primary N) is 1. The van der Waals surface area contributed by atoms with Gasteiger partial charge in [0.1, 0.15) is 5.75 Å². The Kier molecular flexibility index (Phi) is 6.49. The quantitative estimate of drug-likeness (QED) is 0.645. The van der Waals surface area contributed by atoms with E-state index in [4.69, 9.17) is 22.7 Å². The molecule has 0 radical (unpaired) electrons. The van der Waals surface area contributed by atoms with Crippen LogP contribution in [0, 0.1) is 6.92 Å². The Hall–Kier alpha value is -2.45. The van der Waals surface area contributed by atoms with Crippen molar-refractivity contribution >= 4 is 50.8 Å². The van der Waals surface area contributed by atoms with Crippen LogP contribution in [-0.4, -0.2) is 23.5 Å². The zero-order valence-corrected chi connectivity index (χ0v) is 15.7. The van der Waals surface area contributed by atoms with Gasteiger partial charge in [-0.05, 0) is 67.2 Å². The molecule has 0 saturated heterocycles. The van der Waals surface area contributed by atoms with Crippen LogP contribution in [0.1, 0.15) is 15.9 Å². The van der Waals surface area contributed by atoms with Gasteiger partial charge in [0.2, 0.25) is 5.91 Å². The molecule has 8 heteroatoms. The molecule has 0 aliphatic rings. The van der Waals surface area contributed by atoms with Crippen LogP contribution in [-0.2, 0) is 4.79 Å². The van der Waals surface area contributed by atoms with Gasteiger partial charge in [-0.1, -0.05) is 15.9 Å². The average molecular weight is 422 g/mol. The highest BCUT2D eigenvalue weighted by Gasteiger charge is 2.08. The van der Waals surface area contributed by atoms with Gasteiger partial charge in [-0.15, -0.1) is 0 Å². The van der Waals surface area contributed by atoms with E-state index in [0.717, 1.165) is 10.0 Å². The summed E-state index contributed by atoms with van der Waals surface area (Å²) in [7, 11) is 0. The summed E-state index contributed by atoms with van der Waals surface area (Å²) in [5.41, 5.74) is 7.10. The van der Waals surface area contributed by atoms with Crippen molar-refractivity contribution in [2.45, 2.75) is 6.92 Å². The number of ether oxygens (including phenoxy) is 1. The van der Waals surface area contributed by atoms with Crippen LogP contribution in [0.4, 0.5) is 5.69 Å². The first kappa shape index (κ1) is 18.9. The summed E-state index contributed by atoms with van der Waals surface area (Å²) in [6.07, 6.45) is 0. The third-order valence-electron chi connectivity index (χ3n) is 3.18. The number of amides is 2. The molecule has 2 amide bonds. The maximum absolute atomic E-state index is 11.9. The Labute approximate surface area is 158 Å². The number of aryl methyl sites for hydroxylation is 1. The van der Waals surface area contributed by atoms with Crippen molar-refractivity contribution in [3.63, 3.8) is 0 Å². The van der Waals surface area contributed by atoms with Gasteiger partial charge in [-0.2, -0.15) is 0 Å². The van der Waals surface area contributed by atoms with Gasteiger partial charge < -0.3 is 15.8 Å². The number of carbonyl (C=O) groups is 2. The van der Waals surface area contributed by atoms with Gasteiger partial charge >= 0.3 is 0 Å². The molecule has 0 aliphatic heterocycles. The molecule has 0 unspecified atom stereocenters. The first-order chi connectivity index (χ1) is 11.8. The third-order valence-corrected chi connectivity index (χ3v) is 3.87. The molecule has 0 aromatic heterocycles. The fourth-order valence-corrected chi connectivity index (χ4v) is 2.67. The first-order valence-corrected chi connectivity index (χ1v) is 8.45. The van der Waals surface area contributed by atoms with Crippen LogP contribution < -0.4 is 21.1 Å². The van der Waals surface area contributed by atoms with Crippen molar-refractivity contribution in [3.8, 4) is 5.75 Å². The van der Waals surface area contributed by atoms with Crippen molar-refractivity contribution in [3.05, 3.63) is 58.1 Å². The second kappa shape index (κ2) is 8.59. The second-order valence-electron chi connectivity index (χ2n) is 5.14. The summed E-state index contributed by atoms with van der Waals surface area (Å²) < 4.78 is 6.41. The number of anilines is 1. The number of rotatable bonds is 5. The number of thiocarbonyl (C=S) groups is 1. The lowest BCUT2D eigenvalue weighted by Crippen LogP contribution is -2.37. The SMILES string of the molecule is Cc1cc(Br)ccc1OCC(=O)NC(=S)Nc1ccc(C(N)=O)cc1. The normalized spacial score (nSPS) is 10.0. The number of nitrogens with one attached hydrogen (secondary N) is 2. The summed E-state index contributed by atoms with van der Waals surface area (Å²) in [6, 6.07) is 11.9. The van der Waals surface area contributed by atoms with Crippen LogP contribution >= 0.6 is 28.1 Å². The zero-order valence-electron chi connectivity index (χ0n) is 13.3. The molecule has 0 heterocycles. The highest BCUT2D eigenvalue weighted by atomic mass is 79.9. The van der Waals surface area contributed by atoms with E-state index >= 15 is 0 Å². The van der Waals surface area contributed by atoms with Crippen molar-refractivity contribution < 1.29 is 14.3 Å². The topological polar surface area (TPSA) is 93.4 Å². The molecule has 2 aromatic carbocycles. The fraction of sp³-hybridized carbons (Fsp3) is 0.118. The molecule has 0 fully saturated rings. The van der Waals surface area contributed by atoms with Gasteiger partial charge in [-0.3, -0.25) is 14.9 Å². The van der Waals surface area contributed by atoms with Gasteiger partial charge in [0, 0.05) is 15.7 Å². The molecule has 0 saturated carbocycles. The lowest BCUT2D eigenvalue weighted by Gasteiger charge is -2.12. The van der Waals surface area contributed by atoms with Crippen LogP contribution in [0.3, 0.4) is 0 Å². The molecule has 0 spiro atoms. The average Bonchev–Trinajstić information content (AvgIpc) is 2.54. The van der Waals surface area contributed by atoms with Crippen molar-refractivity contribution in [2.75, 3.05) is 11.9 Å². The molecule has 2 aromatic rings. The second-order valence-corrected chi connectivity index (χ2v) is 6.47. The minimum Gasteiger partial charge on any atom is -0.483 e. The highest BCUT2D eigenvalue weighted by molar-refractivity contribution is 9.10. The molecule has 130 valence electrons. The molecule has 6 nitrogen and oxygen atoms in total. The summed E-state index contributed by atoms with van der Waals surface area (Å²) in [6.45, 7) is 1.73. The Morgan fingerprint density at radius 2 is 1.88 bits per heavy atom.